The second-order valence-electron chi connectivity index (χ2n) is 17.1. The van der Waals surface area contributed by atoms with Gasteiger partial charge in [-0.3, -0.25) is 0 Å². The van der Waals surface area contributed by atoms with E-state index < -0.39 is 0 Å². The monoisotopic (exact) mass is 832 g/mol. The molecule has 0 aliphatic carbocycles. The average molecular weight is 833 g/mol. The van der Waals surface area contributed by atoms with Gasteiger partial charge >= 0.3 is 0 Å². The van der Waals surface area contributed by atoms with Gasteiger partial charge < -0.3 is 22.7 Å². The highest BCUT2D eigenvalue weighted by Crippen LogP contribution is 2.45. The third kappa shape index (κ3) is 4.87. The number of hydrogen-bond donors (Lipinski definition) is 0. The highest BCUT2D eigenvalue weighted by Gasteiger charge is 2.23. The fraction of sp³-hybridized carbons (Fsp3) is 0.0333. The first-order chi connectivity index (χ1) is 32.2. The summed E-state index contributed by atoms with van der Waals surface area (Å²) in [7, 11) is 0. The number of rotatable bonds is 4. The average Bonchev–Trinajstić information content (AvgIpc) is 4.16. The first kappa shape index (κ1) is 36.0. The second kappa shape index (κ2) is 13.5. The SMILES string of the molecule is C/C=c1\c(=C/C)n(-c2ccccc2)c2ccc(-n3c4ccccc4c4c5oc6c(ccc7c6c6ccccc6n7-c6ccc7c(c6)c6ccccc6n7-c6ccccc6)c5ccc43)cc12. The lowest BCUT2D eigenvalue weighted by Crippen LogP contribution is -2.27. The highest BCUT2D eigenvalue weighted by molar-refractivity contribution is 6.29. The van der Waals surface area contributed by atoms with Crippen LogP contribution in [0.5, 0.6) is 0 Å². The molecule has 5 aromatic heterocycles. The lowest BCUT2D eigenvalue weighted by atomic mass is 10.1. The van der Waals surface area contributed by atoms with E-state index in [1.807, 2.05) is 0 Å². The van der Waals surface area contributed by atoms with E-state index in [1.54, 1.807) is 0 Å². The first-order valence-electron chi connectivity index (χ1n) is 22.4. The second-order valence-corrected chi connectivity index (χ2v) is 17.1. The van der Waals surface area contributed by atoms with Gasteiger partial charge in [-0.1, -0.05) is 103 Å². The summed E-state index contributed by atoms with van der Waals surface area (Å²) in [6, 6.07) is 70.5. The van der Waals surface area contributed by atoms with Crippen molar-refractivity contribution < 1.29 is 4.42 Å². The molecule has 5 heterocycles. The number of nitrogens with zero attached hydrogens (tertiary/aromatic N) is 4. The molecule has 14 aromatic rings. The highest BCUT2D eigenvalue weighted by atomic mass is 16.3. The lowest BCUT2D eigenvalue weighted by molar-refractivity contribution is 0.677. The first-order valence-corrected chi connectivity index (χ1v) is 22.4. The van der Waals surface area contributed by atoms with Gasteiger partial charge in [0, 0.05) is 71.0 Å². The van der Waals surface area contributed by atoms with Crippen molar-refractivity contribution in [1.82, 2.24) is 18.3 Å². The lowest BCUT2D eigenvalue weighted by Gasteiger charge is -2.10. The van der Waals surface area contributed by atoms with Crippen LogP contribution in [0.3, 0.4) is 0 Å². The van der Waals surface area contributed by atoms with E-state index in [1.165, 1.54) is 54.0 Å². The van der Waals surface area contributed by atoms with Crippen molar-refractivity contribution in [1.29, 1.82) is 0 Å². The number of aromatic nitrogens is 4. The minimum Gasteiger partial charge on any atom is -0.455 e. The topological polar surface area (TPSA) is 32.9 Å². The molecule has 14 rings (SSSR count). The molecule has 0 aliphatic heterocycles. The number of para-hydroxylation sites is 5. The van der Waals surface area contributed by atoms with Crippen LogP contribution < -0.4 is 10.6 Å². The predicted molar refractivity (Wildman–Crippen MR) is 273 cm³/mol. The van der Waals surface area contributed by atoms with Crippen LogP contribution in [0.1, 0.15) is 13.8 Å². The van der Waals surface area contributed by atoms with Crippen LogP contribution in [0.4, 0.5) is 0 Å². The van der Waals surface area contributed by atoms with Crippen LogP contribution >= 0.6 is 0 Å². The van der Waals surface area contributed by atoms with E-state index in [4.69, 9.17) is 4.42 Å². The van der Waals surface area contributed by atoms with E-state index in [9.17, 15) is 0 Å². The van der Waals surface area contributed by atoms with Gasteiger partial charge in [0.15, 0.2) is 0 Å². The van der Waals surface area contributed by atoms with Crippen LogP contribution in [0.25, 0.3) is 133 Å². The standard InChI is InChI=1S/C60H40N4O/c1-3-41-47-35-39(27-31-53(47)61(49(41)4-2)37-17-7-5-8-18-37)63-51-25-15-12-22-45(51)57-55(63)33-29-43-44-30-34-56-58(60(44)65-59(43)57)46-23-13-16-26-52(46)64(56)40-28-32-54-48(36-40)42-21-11-14-24-50(42)62(54)38-19-9-6-10-20-38/h3-36H,1-2H3/b41-3-,49-4+. The van der Waals surface area contributed by atoms with E-state index in [0.717, 1.165) is 77.5 Å². The van der Waals surface area contributed by atoms with Crippen LogP contribution in [0.2, 0.25) is 0 Å². The van der Waals surface area contributed by atoms with Crippen LogP contribution in [-0.2, 0) is 0 Å². The Bertz CT molecular complexity index is 4420. The van der Waals surface area contributed by atoms with Crippen molar-refractivity contribution >= 4 is 110 Å². The quantitative estimate of drug-likeness (QED) is 0.174. The molecule has 0 fully saturated rings. The third-order valence-corrected chi connectivity index (χ3v) is 13.9. The molecule has 0 spiro atoms. The Hall–Kier alpha value is -8.54. The zero-order chi connectivity index (χ0) is 42.9. The molecule has 0 bridgehead atoms. The number of furan rings is 1. The van der Waals surface area contributed by atoms with Crippen LogP contribution in [0, 0.1) is 0 Å². The van der Waals surface area contributed by atoms with Gasteiger partial charge in [0.05, 0.1) is 49.4 Å². The molecule has 65 heavy (non-hydrogen) atoms. The predicted octanol–water partition coefficient (Wildman–Crippen LogP) is 14.4. The summed E-state index contributed by atoms with van der Waals surface area (Å²) < 4.78 is 16.9. The van der Waals surface area contributed by atoms with E-state index >= 15 is 0 Å². The zero-order valence-electron chi connectivity index (χ0n) is 35.8. The third-order valence-electron chi connectivity index (χ3n) is 13.9. The van der Waals surface area contributed by atoms with Gasteiger partial charge in [-0.05, 0) is 117 Å². The Balaban J connectivity index is 1.01. The minimum absolute atomic E-state index is 0.911. The molecule has 0 saturated carbocycles. The fourth-order valence-corrected chi connectivity index (χ4v) is 11.2. The zero-order valence-corrected chi connectivity index (χ0v) is 35.8. The van der Waals surface area contributed by atoms with Gasteiger partial charge in [-0.2, -0.15) is 0 Å². The van der Waals surface area contributed by atoms with E-state index in [0.29, 0.717) is 0 Å². The molecule has 0 amide bonds. The van der Waals surface area contributed by atoms with E-state index in [-0.39, 0.29) is 0 Å². The number of benzene rings is 9. The summed E-state index contributed by atoms with van der Waals surface area (Å²) in [5.41, 5.74) is 14.4. The van der Waals surface area contributed by atoms with Crippen molar-refractivity contribution in [3.05, 3.63) is 205 Å². The Labute approximate surface area is 372 Å². The Morgan fingerprint density at radius 2 is 0.723 bits per heavy atom. The van der Waals surface area contributed by atoms with Crippen LogP contribution in [0.15, 0.2) is 199 Å². The van der Waals surface area contributed by atoms with Crippen molar-refractivity contribution in [3.63, 3.8) is 0 Å². The molecule has 5 nitrogen and oxygen atoms in total. The summed E-state index contributed by atoms with van der Waals surface area (Å²) in [6.07, 6.45) is 4.46. The van der Waals surface area contributed by atoms with Gasteiger partial charge in [0.2, 0.25) is 0 Å². The summed E-state index contributed by atoms with van der Waals surface area (Å²) >= 11 is 0. The Kier molecular flexibility index (Phi) is 7.47. The summed E-state index contributed by atoms with van der Waals surface area (Å²) in [5, 5.41) is 12.9. The molecule has 0 radical (unpaired) electrons. The smallest absolute Gasteiger partial charge is 0.145 e. The molecule has 0 unspecified atom stereocenters. The number of hydrogen-bond acceptors (Lipinski definition) is 1. The Morgan fingerprint density at radius 3 is 1.26 bits per heavy atom. The van der Waals surface area contributed by atoms with Crippen molar-refractivity contribution in [3.8, 4) is 22.7 Å². The molecule has 0 aliphatic rings. The maximum atomic E-state index is 7.32. The molecule has 0 saturated heterocycles. The Morgan fingerprint density at radius 1 is 0.308 bits per heavy atom. The summed E-state index contributed by atoms with van der Waals surface area (Å²) in [5.74, 6) is 0. The number of fused-ring (bicyclic) bond motifs is 15. The minimum atomic E-state index is 0.911. The van der Waals surface area contributed by atoms with Crippen molar-refractivity contribution in [2.24, 2.45) is 0 Å². The maximum absolute atomic E-state index is 7.32. The van der Waals surface area contributed by atoms with Gasteiger partial charge in [-0.15, -0.1) is 0 Å². The molecule has 5 heteroatoms. The maximum Gasteiger partial charge on any atom is 0.145 e. The molecular weight excluding hydrogens is 793 g/mol. The molecular formula is C60H40N4O. The molecule has 0 N–H and O–H groups in total. The van der Waals surface area contributed by atoms with Crippen molar-refractivity contribution in [2.75, 3.05) is 0 Å². The normalized spacial score (nSPS) is 13.0. The van der Waals surface area contributed by atoms with E-state index in [2.05, 4.69) is 238 Å². The molecule has 9 aromatic carbocycles. The largest absolute Gasteiger partial charge is 0.455 e. The summed E-state index contributed by atoms with van der Waals surface area (Å²) in [4.78, 5) is 0. The van der Waals surface area contributed by atoms with Crippen LogP contribution in [-0.4, -0.2) is 18.3 Å². The van der Waals surface area contributed by atoms with Gasteiger partial charge in [-0.25, -0.2) is 0 Å². The molecule has 306 valence electrons. The molecule has 0 atom stereocenters. The summed E-state index contributed by atoms with van der Waals surface area (Å²) in [6.45, 7) is 4.27. The van der Waals surface area contributed by atoms with Gasteiger partial charge in [0.1, 0.15) is 11.2 Å². The van der Waals surface area contributed by atoms with Crippen molar-refractivity contribution in [2.45, 2.75) is 13.8 Å². The van der Waals surface area contributed by atoms with Gasteiger partial charge in [0.25, 0.3) is 0 Å². The fourth-order valence-electron chi connectivity index (χ4n) is 11.2.